The first-order chi connectivity index (χ1) is 7.77. The van der Waals surface area contributed by atoms with Gasteiger partial charge in [0.05, 0.1) is 5.69 Å². The molecule has 1 heterocycles. The highest BCUT2D eigenvalue weighted by Gasteiger charge is 2.11. The maximum atomic E-state index is 5.07. The summed E-state index contributed by atoms with van der Waals surface area (Å²) in [7, 11) is 1.73. The van der Waals surface area contributed by atoms with Gasteiger partial charge in [0.1, 0.15) is 5.82 Å². The first-order valence-corrected chi connectivity index (χ1v) is 5.79. The number of hydrogen-bond acceptors (Lipinski definition) is 4. The highest BCUT2D eigenvalue weighted by atomic mass is 16.5. The van der Waals surface area contributed by atoms with Crippen molar-refractivity contribution < 1.29 is 4.74 Å². The average Bonchev–Trinajstić information content (AvgIpc) is 2.28. The van der Waals surface area contributed by atoms with Crippen LogP contribution in [0.25, 0.3) is 0 Å². The third-order valence-electron chi connectivity index (χ3n) is 2.45. The summed E-state index contributed by atoms with van der Waals surface area (Å²) in [5.41, 5.74) is 1.07. The number of rotatable bonds is 7. The van der Waals surface area contributed by atoms with Crippen LogP contribution in [0.4, 0.5) is 0 Å². The minimum absolute atomic E-state index is 0.307. The lowest BCUT2D eigenvalue weighted by Gasteiger charge is -2.17. The van der Waals surface area contributed by atoms with Crippen LogP contribution < -0.4 is 5.32 Å². The summed E-state index contributed by atoms with van der Waals surface area (Å²) in [5, 5.41) is 3.44. The summed E-state index contributed by atoms with van der Waals surface area (Å²) in [6, 6.07) is 2.29. The molecule has 0 aliphatic heterocycles. The molecule has 0 amide bonds. The molecule has 90 valence electrons. The van der Waals surface area contributed by atoms with Crippen molar-refractivity contribution in [3.63, 3.8) is 0 Å². The molecule has 0 fully saturated rings. The molecule has 0 radical (unpaired) electrons. The molecule has 1 rings (SSSR count). The van der Waals surface area contributed by atoms with E-state index in [9.17, 15) is 0 Å². The van der Waals surface area contributed by atoms with Gasteiger partial charge in [0.2, 0.25) is 0 Å². The monoisotopic (exact) mass is 223 g/mol. The fourth-order valence-electron chi connectivity index (χ4n) is 1.70. The minimum Gasteiger partial charge on any atom is -0.385 e. The van der Waals surface area contributed by atoms with Crippen molar-refractivity contribution in [2.45, 2.75) is 32.7 Å². The van der Waals surface area contributed by atoms with Gasteiger partial charge in [-0.1, -0.05) is 6.92 Å². The van der Waals surface area contributed by atoms with E-state index in [1.165, 1.54) is 0 Å². The normalized spacial score (nSPS) is 12.7. The molecule has 0 saturated heterocycles. The number of nitrogens with zero attached hydrogens (tertiary/aromatic N) is 2. The van der Waals surface area contributed by atoms with E-state index >= 15 is 0 Å². The third kappa shape index (κ3) is 4.24. The molecule has 0 aliphatic rings. The zero-order valence-electron chi connectivity index (χ0n) is 10.4. The lowest BCUT2D eigenvalue weighted by molar-refractivity contribution is 0.188. The van der Waals surface area contributed by atoms with Crippen molar-refractivity contribution in [2.75, 3.05) is 20.3 Å². The summed E-state index contributed by atoms with van der Waals surface area (Å²) in [6.45, 7) is 5.77. The Hall–Kier alpha value is -1.00. The fourth-order valence-corrected chi connectivity index (χ4v) is 1.70. The Morgan fingerprint density at radius 1 is 1.50 bits per heavy atom. The Morgan fingerprint density at radius 3 is 2.94 bits per heavy atom. The van der Waals surface area contributed by atoms with Crippen LogP contribution in [0, 0.1) is 6.92 Å². The summed E-state index contributed by atoms with van der Waals surface area (Å²) < 4.78 is 5.07. The van der Waals surface area contributed by atoms with Crippen molar-refractivity contribution in [3.8, 4) is 0 Å². The van der Waals surface area contributed by atoms with Crippen LogP contribution in [0.5, 0.6) is 0 Å². The van der Waals surface area contributed by atoms with Crippen LogP contribution in [0.1, 0.15) is 37.3 Å². The molecule has 0 saturated carbocycles. The maximum Gasteiger partial charge on any atom is 0.125 e. The summed E-state index contributed by atoms with van der Waals surface area (Å²) in [4.78, 5) is 8.57. The fraction of sp³-hybridized carbons (Fsp3) is 0.667. The number of aromatic nitrogens is 2. The van der Waals surface area contributed by atoms with Crippen LogP contribution in [-0.2, 0) is 4.74 Å². The van der Waals surface area contributed by atoms with Gasteiger partial charge >= 0.3 is 0 Å². The molecule has 1 atom stereocenters. The molecule has 4 heteroatoms. The quantitative estimate of drug-likeness (QED) is 0.717. The molecule has 0 aliphatic carbocycles. The molecule has 0 aromatic carbocycles. The number of aryl methyl sites for hydroxylation is 1. The topological polar surface area (TPSA) is 47.0 Å². The zero-order valence-corrected chi connectivity index (χ0v) is 10.4. The molecule has 1 N–H and O–H groups in total. The van der Waals surface area contributed by atoms with E-state index in [4.69, 9.17) is 4.74 Å². The number of nitrogens with one attached hydrogen (secondary N) is 1. The molecule has 1 unspecified atom stereocenters. The summed E-state index contributed by atoms with van der Waals surface area (Å²) >= 11 is 0. The van der Waals surface area contributed by atoms with Crippen LogP contribution in [0.2, 0.25) is 0 Å². The Labute approximate surface area is 97.5 Å². The highest BCUT2D eigenvalue weighted by molar-refractivity contribution is 5.07. The molecule has 1 aromatic heterocycles. The predicted octanol–water partition coefficient (Wildman–Crippen LogP) is 1.86. The van der Waals surface area contributed by atoms with E-state index in [2.05, 4.69) is 22.2 Å². The van der Waals surface area contributed by atoms with Gasteiger partial charge in [-0.3, -0.25) is 0 Å². The van der Waals surface area contributed by atoms with E-state index < -0.39 is 0 Å². The zero-order chi connectivity index (χ0) is 11.8. The van der Waals surface area contributed by atoms with Crippen molar-refractivity contribution in [1.29, 1.82) is 0 Å². The van der Waals surface area contributed by atoms with Gasteiger partial charge in [0.25, 0.3) is 0 Å². The van der Waals surface area contributed by atoms with Crippen LogP contribution in [0.3, 0.4) is 0 Å². The average molecular weight is 223 g/mol. The molecule has 16 heavy (non-hydrogen) atoms. The van der Waals surface area contributed by atoms with Crippen LogP contribution in [0.15, 0.2) is 12.3 Å². The van der Waals surface area contributed by atoms with Gasteiger partial charge in [-0.2, -0.15) is 0 Å². The third-order valence-corrected chi connectivity index (χ3v) is 2.45. The number of ether oxygens (including phenoxy) is 1. The first kappa shape index (κ1) is 13.1. The van der Waals surface area contributed by atoms with Gasteiger partial charge in [-0.25, -0.2) is 9.97 Å². The van der Waals surface area contributed by atoms with Crippen molar-refractivity contribution in [3.05, 3.63) is 23.8 Å². The SMILES string of the molecule is CCNC(CCCOC)c1ccnc(C)n1. The second-order valence-electron chi connectivity index (χ2n) is 3.77. The smallest absolute Gasteiger partial charge is 0.125 e. The Kier molecular flexibility index (Phi) is 5.96. The van der Waals surface area contributed by atoms with Crippen molar-refractivity contribution in [1.82, 2.24) is 15.3 Å². The Morgan fingerprint density at radius 2 is 2.31 bits per heavy atom. The van der Waals surface area contributed by atoms with Crippen molar-refractivity contribution in [2.24, 2.45) is 0 Å². The van der Waals surface area contributed by atoms with Gasteiger partial charge in [0.15, 0.2) is 0 Å². The van der Waals surface area contributed by atoms with E-state index in [1.807, 2.05) is 19.2 Å². The second kappa shape index (κ2) is 7.30. The Balaban J connectivity index is 2.61. The van der Waals surface area contributed by atoms with Gasteiger partial charge in [-0.05, 0) is 32.4 Å². The molecule has 1 aromatic rings. The van der Waals surface area contributed by atoms with Gasteiger partial charge in [0, 0.05) is 26.0 Å². The van der Waals surface area contributed by atoms with Gasteiger partial charge < -0.3 is 10.1 Å². The number of methoxy groups -OCH3 is 1. The predicted molar refractivity (Wildman–Crippen MR) is 64.3 cm³/mol. The minimum atomic E-state index is 0.307. The summed E-state index contributed by atoms with van der Waals surface area (Å²) in [6.07, 6.45) is 3.90. The van der Waals surface area contributed by atoms with Crippen LogP contribution in [-0.4, -0.2) is 30.2 Å². The first-order valence-electron chi connectivity index (χ1n) is 5.79. The van der Waals surface area contributed by atoms with E-state index in [1.54, 1.807) is 7.11 Å². The Bertz CT molecular complexity index is 304. The largest absolute Gasteiger partial charge is 0.385 e. The lowest BCUT2D eigenvalue weighted by atomic mass is 10.1. The van der Waals surface area contributed by atoms with Crippen LogP contribution >= 0.6 is 0 Å². The standard InChI is InChI=1S/C12H21N3O/c1-4-13-11(6-5-9-16-3)12-7-8-14-10(2)15-12/h7-8,11,13H,4-6,9H2,1-3H3. The van der Waals surface area contributed by atoms with E-state index in [0.717, 1.165) is 37.5 Å². The lowest BCUT2D eigenvalue weighted by Crippen LogP contribution is -2.22. The van der Waals surface area contributed by atoms with Crippen molar-refractivity contribution >= 4 is 0 Å². The maximum absolute atomic E-state index is 5.07. The second-order valence-corrected chi connectivity index (χ2v) is 3.77. The number of hydrogen-bond donors (Lipinski definition) is 1. The molecular formula is C12H21N3O. The summed E-state index contributed by atoms with van der Waals surface area (Å²) in [5.74, 6) is 0.826. The molecule has 4 nitrogen and oxygen atoms in total. The molecule has 0 bridgehead atoms. The van der Waals surface area contributed by atoms with Gasteiger partial charge in [-0.15, -0.1) is 0 Å². The van der Waals surface area contributed by atoms with E-state index in [-0.39, 0.29) is 0 Å². The highest BCUT2D eigenvalue weighted by Crippen LogP contribution is 2.15. The van der Waals surface area contributed by atoms with E-state index in [0.29, 0.717) is 6.04 Å². The molecular weight excluding hydrogens is 202 g/mol. The molecule has 0 spiro atoms.